The Morgan fingerprint density at radius 1 is 1.03 bits per heavy atom. The maximum absolute atomic E-state index is 12.5. The van der Waals surface area contributed by atoms with Crippen LogP contribution in [-0.4, -0.2) is 51.3 Å². The van der Waals surface area contributed by atoms with E-state index in [0.29, 0.717) is 36.7 Å². The van der Waals surface area contributed by atoms with Gasteiger partial charge in [-0.25, -0.2) is 4.98 Å². The van der Waals surface area contributed by atoms with Gasteiger partial charge >= 0.3 is 0 Å². The molecule has 1 saturated heterocycles. The van der Waals surface area contributed by atoms with Crippen LogP contribution in [0.5, 0.6) is 0 Å². The van der Waals surface area contributed by atoms with E-state index in [0.717, 1.165) is 31.6 Å². The molecule has 0 atom stereocenters. The standard InChI is InChI=1S/C23H25ClN4O2/c24-19-9-10-21-25-20(15-23(30)28(21)16-19)17-26-11-13-27(14-12-26)22(29)8-4-7-18-5-2-1-3-6-18/h1-3,5-6,9-10,15-16H,4,7-8,11-14,17H2. The fourth-order valence-corrected chi connectivity index (χ4v) is 4.00. The van der Waals surface area contributed by atoms with Crippen LogP contribution in [0, 0.1) is 0 Å². The highest BCUT2D eigenvalue weighted by atomic mass is 35.5. The van der Waals surface area contributed by atoms with E-state index in [2.05, 4.69) is 22.0 Å². The number of carbonyl (C=O) groups excluding carboxylic acids is 1. The molecule has 3 aromatic rings. The lowest BCUT2D eigenvalue weighted by atomic mass is 10.1. The predicted molar refractivity (Wildman–Crippen MR) is 118 cm³/mol. The first-order valence-corrected chi connectivity index (χ1v) is 10.7. The van der Waals surface area contributed by atoms with Crippen LogP contribution in [0.2, 0.25) is 5.02 Å². The van der Waals surface area contributed by atoms with Crippen LogP contribution in [0.4, 0.5) is 0 Å². The molecule has 156 valence electrons. The van der Waals surface area contributed by atoms with Crippen LogP contribution < -0.4 is 5.56 Å². The smallest absolute Gasteiger partial charge is 0.258 e. The van der Waals surface area contributed by atoms with Crippen LogP contribution >= 0.6 is 11.6 Å². The highest BCUT2D eigenvalue weighted by Gasteiger charge is 2.21. The van der Waals surface area contributed by atoms with Crippen LogP contribution in [0.25, 0.3) is 5.65 Å². The van der Waals surface area contributed by atoms with Crippen molar-refractivity contribution in [1.29, 1.82) is 0 Å². The molecule has 0 radical (unpaired) electrons. The molecule has 6 nitrogen and oxygen atoms in total. The topological polar surface area (TPSA) is 57.9 Å². The van der Waals surface area contributed by atoms with Gasteiger partial charge < -0.3 is 4.90 Å². The van der Waals surface area contributed by atoms with E-state index in [1.54, 1.807) is 24.4 Å². The van der Waals surface area contributed by atoms with E-state index in [1.807, 2.05) is 23.1 Å². The van der Waals surface area contributed by atoms with Gasteiger partial charge in [-0.2, -0.15) is 0 Å². The summed E-state index contributed by atoms with van der Waals surface area (Å²) in [5, 5.41) is 0.503. The molecular formula is C23H25ClN4O2. The van der Waals surface area contributed by atoms with Crippen molar-refractivity contribution in [3.05, 3.63) is 81.4 Å². The van der Waals surface area contributed by atoms with Gasteiger partial charge in [0.25, 0.3) is 5.56 Å². The third-order valence-corrected chi connectivity index (χ3v) is 5.71. The number of amides is 1. The summed E-state index contributed by atoms with van der Waals surface area (Å²) in [6.45, 7) is 3.60. The molecule has 0 spiro atoms. The molecular weight excluding hydrogens is 400 g/mol. The number of carbonyl (C=O) groups is 1. The summed E-state index contributed by atoms with van der Waals surface area (Å²) in [5.41, 5.74) is 2.47. The predicted octanol–water partition coefficient (Wildman–Crippen LogP) is 3.02. The van der Waals surface area contributed by atoms with Crippen molar-refractivity contribution in [2.45, 2.75) is 25.8 Å². The van der Waals surface area contributed by atoms with Crippen molar-refractivity contribution in [1.82, 2.24) is 19.2 Å². The maximum Gasteiger partial charge on any atom is 0.258 e. The molecule has 1 aliphatic rings. The summed E-state index contributed by atoms with van der Waals surface area (Å²) in [7, 11) is 0. The molecule has 4 rings (SSSR count). The van der Waals surface area contributed by atoms with Crippen LogP contribution in [0.1, 0.15) is 24.1 Å². The Kier molecular flexibility index (Phi) is 6.45. The average Bonchev–Trinajstić information content (AvgIpc) is 2.75. The highest BCUT2D eigenvalue weighted by molar-refractivity contribution is 6.30. The normalized spacial score (nSPS) is 14.9. The Hall–Kier alpha value is -2.70. The molecule has 0 saturated carbocycles. The number of piperazine rings is 1. The number of aryl methyl sites for hydroxylation is 1. The molecule has 0 aliphatic carbocycles. The number of rotatable bonds is 6. The Morgan fingerprint density at radius 2 is 1.80 bits per heavy atom. The van der Waals surface area contributed by atoms with Crippen LogP contribution in [-0.2, 0) is 17.8 Å². The number of hydrogen-bond acceptors (Lipinski definition) is 4. The third-order valence-electron chi connectivity index (χ3n) is 5.49. The molecule has 0 unspecified atom stereocenters. The minimum atomic E-state index is -0.135. The Morgan fingerprint density at radius 3 is 2.57 bits per heavy atom. The molecule has 1 aromatic carbocycles. The number of pyridine rings is 1. The fraction of sp³-hybridized carbons (Fsp3) is 0.348. The minimum absolute atomic E-state index is 0.135. The first kappa shape index (κ1) is 20.6. The number of nitrogens with zero attached hydrogens (tertiary/aromatic N) is 4. The Balaban J connectivity index is 1.27. The summed E-state index contributed by atoms with van der Waals surface area (Å²) in [5.74, 6) is 0.226. The largest absolute Gasteiger partial charge is 0.340 e. The van der Waals surface area contributed by atoms with Gasteiger partial charge in [-0.05, 0) is 30.5 Å². The minimum Gasteiger partial charge on any atom is -0.340 e. The number of aromatic nitrogens is 2. The monoisotopic (exact) mass is 424 g/mol. The van der Waals surface area contributed by atoms with Gasteiger partial charge in [0.15, 0.2) is 0 Å². The molecule has 0 N–H and O–H groups in total. The molecule has 3 heterocycles. The lowest BCUT2D eigenvalue weighted by Crippen LogP contribution is -2.48. The first-order valence-electron chi connectivity index (χ1n) is 10.3. The van der Waals surface area contributed by atoms with Gasteiger partial charge in [0.2, 0.25) is 5.91 Å². The van der Waals surface area contributed by atoms with Crippen LogP contribution in [0.15, 0.2) is 59.5 Å². The van der Waals surface area contributed by atoms with Gasteiger partial charge in [0.1, 0.15) is 5.65 Å². The van der Waals surface area contributed by atoms with Crippen molar-refractivity contribution in [3.63, 3.8) is 0 Å². The van der Waals surface area contributed by atoms with Crippen molar-refractivity contribution in [3.8, 4) is 0 Å². The van der Waals surface area contributed by atoms with E-state index in [1.165, 1.54) is 9.96 Å². The Labute approximate surface area is 180 Å². The number of halogens is 1. The third kappa shape index (κ3) is 5.07. The van der Waals surface area contributed by atoms with E-state index in [4.69, 9.17) is 11.6 Å². The van der Waals surface area contributed by atoms with E-state index < -0.39 is 0 Å². The van der Waals surface area contributed by atoms with Gasteiger partial charge in [0.05, 0.1) is 10.7 Å². The second-order valence-corrected chi connectivity index (χ2v) is 8.09. The number of fused-ring (bicyclic) bond motifs is 1. The summed E-state index contributed by atoms with van der Waals surface area (Å²) in [6, 6.07) is 15.3. The zero-order valence-electron chi connectivity index (χ0n) is 16.8. The molecule has 1 amide bonds. The molecule has 2 aromatic heterocycles. The van der Waals surface area contributed by atoms with Gasteiger partial charge in [-0.3, -0.25) is 18.9 Å². The average molecular weight is 425 g/mol. The van der Waals surface area contributed by atoms with Crippen molar-refractivity contribution in [2.24, 2.45) is 0 Å². The molecule has 1 aliphatic heterocycles. The van der Waals surface area contributed by atoms with Gasteiger partial charge in [-0.1, -0.05) is 41.9 Å². The molecule has 30 heavy (non-hydrogen) atoms. The number of hydrogen-bond donors (Lipinski definition) is 0. The van der Waals surface area contributed by atoms with E-state index in [-0.39, 0.29) is 11.5 Å². The lowest BCUT2D eigenvalue weighted by Gasteiger charge is -2.34. The summed E-state index contributed by atoms with van der Waals surface area (Å²) >= 11 is 5.96. The second-order valence-electron chi connectivity index (χ2n) is 7.66. The van der Waals surface area contributed by atoms with Gasteiger partial charge in [-0.15, -0.1) is 0 Å². The van der Waals surface area contributed by atoms with E-state index in [9.17, 15) is 9.59 Å². The first-order chi connectivity index (χ1) is 14.6. The van der Waals surface area contributed by atoms with Crippen LogP contribution in [0.3, 0.4) is 0 Å². The zero-order valence-corrected chi connectivity index (χ0v) is 17.6. The molecule has 0 bridgehead atoms. The van der Waals surface area contributed by atoms with Crippen molar-refractivity contribution in [2.75, 3.05) is 26.2 Å². The SMILES string of the molecule is O=C(CCCc1ccccc1)N1CCN(Cc2cc(=O)n3cc(Cl)ccc3n2)CC1. The van der Waals surface area contributed by atoms with Gasteiger partial charge in [0, 0.05) is 51.4 Å². The fourth-order valence-electron chi connectivity index (χ4n) is 3.84. The second kappa shape index (κ2) is 9.41. The van der Waals surface area contributed by atoms with Crippen molar-refractivity contribution >= 4 is 23.2 Å². The Bertz CT molecular complexity index is 1080. The summed E-state index contributed by atoms with van der Waals surface area (Å²) < 4.78 is 1.46. The maximum atomic E-state index is 12.5. The molecule has 7 heteroatoms. The number of benzene rings is 1. The molecule has 1 fully saturated rings. The lowest BCUT2D eigenvalue weighted by molar-refractivity contribution is -0.133. The summed E-state index contributed by atoms with van der Waals surface area (Å²) in [4.78, 5) is 33.6. The summed E-state index contributed by atoms with van der Waals surface area (Å²) in [6.07, 6.45) is 3.97. The van der Waals surface area contributed by atoms with E-state index >= 15 is 0 Å². The zero-order chi connectivity index (χ0) is 20.9. The highest BCUT2D eigenvalue weighted by Crippen LogP contribution is 2.12. The van der Waals surface area contributed by atoms with Crippen molar-refractivity contribution < 1.29 is 4.79 Å². The quantitative estimate of drug-likeness (QED) is 0.610.